The minimum Gasteiger partial charge on any atom is -0.496 e. The fourth-order valence-corrected chi connectivity index (χ4v) is 5.86. The van der Waals surface area contributed by atoms with E-state index in [9.17, 15) is 9.50 Å². The third-order valence-corrected chi connectivity index (χ3v) is 7.79. The second kappa shape index (κ2) is 9.28. The standard InChI is InChI=1S/C27H30ClFN4O2/c1-14(24-23(35-4)10-9-22(29)26(24)28)21-13-31-27-20(21)11-17(12-30-27)25-15(2)32-33(16(25)3)18-5-7-19(34)8-6-18/h9-14,18-19,34H,5-8H2,1-4H3,(H,30,31). The van der Waals surface area contributed by atoms with Gasteiger partial charge in [0.2, 0.25) is 0 Å². The maximum Gasteiger partial charge on any atom is 0.142 e. The third kappa shape index (κ3) is 4.10. The number of benzene rings is 1. The summed E-state index contributed by atoms with van der Waals surface area (Å²) in [6.07, 6.45) is 7.04. The number of nitrogens with one attached hydrogen (secondary N) is 1. The van der Waals surface area contributed by atoms with Gasteiger partial charge < -0.3 is 14.8 Å². The molecule has 0 bridgehead atoms. The highest BCUT2D eigenvalue weighted by atomic mass is 35.5. The van der Waals surface area contributed by atoms with Crippen molar-refractivity contribution in [1.29, 1.82) is 0 Å². The Balaban J connectivity index is 1.57. The summed E-state index contributed by atoms with van der Waals surface area (Å²) in [4.78, 5) is 7.93. The molecule has 1 saturated carbocycles. The molecule has 3 aromatic heterocycles. The minimum atomic E-state index is -0.470. The molecule has 1 unspecified atom stereocenters. The minimum absolute atomic E-state index is 0.0703. The van der Waals surface area contributed by atoms with E-state index in [-0.39, 0.29) is 17.0 Å². The first-order valence-electron chi connectivity index (χ1n) is 12.0. The average Bonchev–Trinajstić information content (AvgIpc) is 3.40. The van der Waals surface area contributed by atoms with Crippen molar-refractivity contribution >= 4 is 22.6 Å². The molecule has 1 aromatic carbocycles. The molecule has 0 spiro atoms. The van der Waals surface area contributed by atoms with Gasteiger partial charge in [-0.1, -0.05) is 18.5 Å². The predicted molar refractivity (Wildman–Crippen MR) is 136 cm³/mol. The molecule has 5 rings (SSSR count). The SMILES string of the molecule is COc1ccc(F)c(Cl)c1C(C)c1c[nH]c2ncc(-c3c(C)nn(C4CCC(O)CC4)c3C)cc12. The van der Waals surface area contributed by atoms with E-state index < -0.39 is 5.82 Å². The molecule has 1 aliphatic carbocycles. The monoisotopic (exact) mass is 496 g/mol. The number of nitrogens with zero attached hydrogens (tertiary/aromatic N) is 3. The number of pyridine rings is 1. The van der Waals surface area contributed by atoms with Crippen LogP contribution in [0.2, 0.25) is 5.02 Å². The molecular weight excluding hydrogens is 467 g/mol. The number of rotatable bonds is 5. The summed E-state index contributed by atoms with van der Waals surface area (Å²) in [5.74, 6) is -0.146. The normalized spacial score (nSPS) is 19.3. The van der Waals surface area contributed by atoms with E-state index in [2.05, 4.69) is 27.6 Å². The number of aryl methyl sites for hydroxylation is 1. The molecule has 0 aliphatic heterocycles. The van der Waals surface area contributed by atoms with Gasteiger partial charge in [-0.05, 0) is 63.3 Å². The quantitative estimate of drug-likeness (QED) is 0.332. The summed E-state index contributed by atoms with van der Waals surface area (Å²) in [6, 6.07) is 5.35. The Labute approximate surface area is 209 Å². The van der Waals surface area contributed by atoms with Gasteiger partial charge in [0.1, 0.15) is 17.2 Å². The lowest BCUT2D eigenvalue weighted by molar-refractivity contribution is 0.107. The van der Waals surface area contributed by atoms with Crippen molar-refractivity contribution in [2.45, 2.75) is 64.5 Å². The van der Waals surface area contributed by atoms with Crippen LogP contribution in [0.1, 0.15) is 67.1 Å². The molecule has 6 nitrogen and oxygen atoms in total. The van der Waals surface area contributed by atoms with Crippen LogP contribution in [0.15, 0.2) is 30.6 Å². The molecule has 1 atom stereocenters. The van der Waals surface area contributed by atoms with Crippen LogP contribution in [0.4, 0.5) is 4.39 Å². The highest BCUT2D eigenvalue weighted by Crippen LogP contribution is 2.41. The largest absolute Gasteiger partial charge is 0.496 e. The van der Waals surface area contributed by atoms with Gasteiger partial charge in [-0.3, -0.25) is 4.68 Å². The summed E-state index contributed by atoms with van der Waals surface area (Å²) < 4.78 is 22.0. The van der Waals surface area contributed by atoms with Gasteiger partial charge in [0.15, 0.2) is 0 Å². The molecule has 0 amide bonds. The summed E-state index contributed by atoms with van der Waals surface area (Å²) in [6.45, 7) is 6.12. The average molecular weight is 497 g/mol. The maximum atomic E-state index is 14.3. The number of halogens is 2. The van der Waals surface area contributed by atoms with Crippen molar-refractivity contribution < 1.29 is 14.2 Å². The summed E-state index contributed by atoms with van der Waals surface area (Å²) in [5, 5.41) is 15.8. The van der Waals surface area contributed by atoms with E-state index in [4.69, 9.17) is 21.4 Å². The van der Waals surface area contributed by atoms with Gasteiger partial charge >= 0.3 is 0 Å². The van der Waals surface area contributed by atoms with Gasteiger partial charge in [-0.15, -0.1) is 0 Å². The molecular formula is C27H30ClFN4O2. The van der Waals surface area contributed by atoms with Crippen LogP contribution in [0, 0.1) is 19.7 Å². The number of aliphatic hydroxyl groups excluding tert-OH is 1. The molecule has 4 aromatic rings. The number of methoxy groups -OCH3 is 1. The van der Waals surface area contributed by atoms with Gasteiger partial charge in [0.05, 0.1) is 30.0 Å². The summed E-state index contributed by atoms with van der Waals surface area (Å²) >= 11 is 6.39. The fourth-order valence-electron chi connectivity index (χ4n) is 5.54. The van der Waals surface area contributed by atoms with Crippen molar-refractivity contribution in [3.63, 3.8) is 0 Å². The van der Waals surface area contributed by atoms with E-state index in [1.54, 1.807) is 13.2 Å². The van der Waals surface area contributed by atoms with E-state index in [1.807, 2.05) is 26.2 Å². The second-order valence-electron chi connectivity index (χ2n) is 9.52. The van der Waals surface area contributed by atoms with Crippen molar-refractivity contribution in [1.82, 2.24) is 19.7 Å². The van der Waals surface area contributed by atoms with Crippen LogP contribution in [-0.2, 0) is 0 Å². The van der Waals surface area contributed by atoms with Crippen LogP contribution in [0.5, 0.6) is 5.75 Å². The molecule has 35 heavy (non-hydrogen) atoms. The first-order chi connectivity index (χ1) is 16.8. The van der Waals surface area contributed by atoms with Crippen molar-refractivity contribution in [2.24, 2.45) is 0 Å². The number of H-pyrrole nitrogens is 1. The highest BCUT2D eigenvalue weighted by Gasteiger charge is 2.26. The summed E-state index contributed by atoms with van der Waals surface area (Å²) in [5.41, 5.74) is 6.45. The second-order valence-corrected chi connectivity index (χ2v) is 9.89. The molecule has 0 radical (unpaired) electrons. The Bertz CT molecular complexity index is 1390. The van der Waals surface area contributed by atoms with Crippen LogP contribution in [0.3, 0.4) is 0 Å². The number of aliphatic hydroxyl groups is 1. The Hall–Kier alpha value is -2.90. The molecule has 184 valence electrons. The smallest absolute Gasteiger partial charge is 0.142 e. The van der Waals surface area contributed by atoms with Crippen LogP contribution in [-0.4, -0.2) is 38.1 Å². The van der Waals surface area contributed by atoms with E-state index >= 15 is 0 Å². The topological polar surface area (TPSA) is 76.0 Å². The van der Waals surface area contributed by atoms with Gasteiger partial charge in [0, 0.05) is 46.1 Å². The third-order valence-electron chi connectivity index (χ3n) is 7.40. The van der Waals surface area contributed by atoms with Gasteiger partial charge in [0.25, 0.3) is 0 Å². The van der Waals surface area contributed by atoms with Gasteiger partial charge in [-0.2, -0.15) is 5.10 Å². The molecule has 1 fully saturated rings. The number of hydrogen-bond acceptors (Lipinski definition) is 4. The number of aromatic amines is 1. The van der Waals surface area contributed by atoms with Crippen LogP contribution < -0.4 is 4.74 Å². The van der Waals surface area contributed by atoms with Crippen molar-refractivity contribution in [3.8, 4) is 16.9 Å². The zero-order valence-corrected chi connectivity index (χ0v) is 21.2. The van der Waals surface area contributed by atoms with Crippen molar-refractivity contribution in [2.75, 3.05) is 7.11 Å². The molecule has 2 N–H and O–H groups in total. The van der Waals surface area contributed by atoms with Crippen LogP contribution >= 0.6 is 11.6 Å². The zero-order chi connectivity index (χ0) is 24.9. The number of hydrogen-bond donors (Lipinski definition) is 2. The maximum absolute atomic E-state index is 14.3. The lowest BCUT2D eigenvalue weighted by Crippen LogP contribution is -2.22. The zero-order valence-electron chi connectivity index (χ0n) is 20.4. The number of ether oxygens (including phenoxy) is 1. The van der Waals surface area contributed by atoms with E-state index in [0.717, 1.165) is 64.8 Å². The Morgan fingerprint density at radius 1 is 1.23 bits per heavy atom. The Kier molecular flexibility index (Phi) is 6.32. The van der Waals surface area contributed by atoms with Gasteiger partial charge in [-0.25, -0.2) is 9.37 Å². The number of aromatic nitrogens is 4. The molecule has 3 heterocycles. The molecule has 1 aliphatic rings. The predicted octanol–water partition coefficient (Wildman–Crippen LogP) is 6.47. The summed E-state index contributed by atoms with van der Waals surface area (Å²) in [7, 11) is 1.56. The van der Waals surface area contributed by atoms with Crippen LogP contribution in [0.25, 0.3) is 22.2 Å². The molecule has 8 heteroatoms. The highest BCUT2D eigenvalue weighted by molar-refractivity contribution is 6.31. The first kappa shape index (κ1) is 23.8. The fraction of sp³-hybridized carbons (Fsp3) is 0.407. The lowest BCUT2D eigenvalue weighted by Gasteiger charge is -2.26. The van der Waals surface area contributed by atoms with E-state index in [0.29, 0.717) is 17.4 Å². The molecule has 0 saturated heterocycles. The Morgan fingerprint density at radius 2 is 1.97 bits per heavy atom. The first-order valence-corrected chi connectivity index (χ1v) is 12.4. The Morgan fingerprint density at radius 3 is 2.69 bits per heavy atom. The van der Waals surface area contributed by atoms with E-state index in [1.165, 1.54) is 6.07 Å². The number of fused-ring (bicyclic) bond motifs is 1. The van der Waals surface area contributed by atoms with Crippen molar-refractivity contribution in [3.05, 3.63) is 63.9 Å². The lowest BCUT2D eigenvalue weighted by atomic mass is 9.91.